The highest BCUT2D eigenvalue weighted by Gasteiger charge is 2.15. The molecule has 1 N–H and O–H groups in total. The zero-order valence-corrected chi connectivity index (χ0v) is 10.9. The van der Waals surface area contributed by atoms with Crippen molar-refractivity contribution in [2.75, 3.05) is 6.26 Å². The number of carbonyl (C=O) groups excluding carboxylic acids is 1. The molecule has 1 aromatic carbocycles. The molecule has 0 fully saturated rings. The smallest absolute Gasteiger partial charge is 0.265 e. The predicted molar refractivity (Wildman–Crippen MR) is 69.8 cm³/mol. The highest BCUT2D eigenvalue weighted by molar-refractivity contribution is 7.89. The zero-order chi connectivity index (χ0) is 13.9. The molecule has 0 aliphatic carbocycles. The number of nitrogens with zero attached hydrogens (tertiary/aromatic N) is 2. The van der Waals surface area contributed by atoms with Gasteiger partial charge in [0.1, 0.15) is 6.33 Å². The van der Waals surface area contributed by atoms with Crippen molar-refractivity contribution >= 4 is 15.9 Å². The lowest BCUT2D eigenvalue weighted by Crippen LogP contribution is -2.29. The number of aromatic nitrogens is 2. The molecule has 0 spiro atoms. The second-order valence-corrected chi connectivity index (χ2v) is 5.62. The average molecular weight is 277 g/mol. The van der Waals surface area contributed by atoms with Crippen LogP contribution in [0.4, 0.5) is 0 Å². The van der Waals surface area contributed by atoms with E-state index in [9.17, 15) is 13.2 Å². The van der Waals surface area contributed by atoms with Gasteiger partial charge in [-0.3, -0.25) is 4.79 Å². The Hall–Kier alpha value is -2.28. The highest BCUT2D eigenvalue weighted by Crippen LogP contribution is 2.21. The van der Waals surface area contributed by atoms with Crippen LogP contribution in [0.2, 0.25) is 0 Å². The van der Waals surface area contributed by atoms with Crippen molar-refractivity contribution in [3.8, 4) is 11.1 Å². The number of hydrogen-bond donors (Lipinski definition) is 1. The number of nitrogens with one attached hydrogen (secondary N) is 1. The van der Waals surface area contributed by atoms with Crippen molar-refractivity contribution in [1.29, 1.82) is 0 Å². The van der Waals surface area contributed by atoms with E-state index >= 15 is 0 Å². The van der Waals surface area contributed by atoms with Crippen LogP contribution in [-0.2, 0) is 10.0 Å². The summed E-state index contributed by atoms with van der Waals surface area (Å²) in [4.78, 5) is 19.7. The van der Waals surface area contributed by atoms with Gasteiger partial charge in [0.2, 0.25) is 10.0 Å². The van der Waals surface area contributed by atoms with Gasteiger partial charge in [0.25, 0.3) is 5.91 Å². The monoisotopic (exact) mass is 277 g/mol. The predicted octanol–water partition coefficient (Wildman–Crippen LogP) is 0.833. The maximum Gasteiger partial charge on any atom is 0.265 e. The van der Waals surface area contributed by atoms with E-state index in [1.165, 1.54) is 6.33 Å². The SMILES string of the molecule is CS(=O)(=O)NC(=O)c1ccccc1-c1cncnc1. The van der Waals surface area contributed by atoms with E-state index in [4.69, 9.17) is 0 Å². The van der Waals surface area contributed by atoms with E-state index < -0.39 is 15.9 Å². The first-order valence-electron chi connectivity index (χ1n) is 5.34. The largest absolute Gasteiger partial charge is 0.268 e. The van der Waals surface area contributed by atoms with Crippen molar-refractivity contribution in [2.24, 2.45) is 0 Å². The molecule has 2 rings (SSSR count). The molecule has 19 heavy (non-hydrogen) atoms. The van der Waals surface area contributed by atoms with Gasteiger partial charge >= 0.3 is 0 Å². The third-order valence-corrected chi connectivity index (χ3v) is 2.88. The van der Waals surface area contributed by atoms with Crippen molar-refractivity contribution in [1.82, 2.24) is 14.7 Å². The number of sulfonamides is 1. The van der Waals surface area contributed by atoms with Crippen molar-refractivity contribution in [3.05, 3.63) is 48.5 Å². The summed E-state index contributed by atoms with van der Waals surface area (Å²) >= 11 is 0. The van der Waals surface area contributed by atoms with Crippen LogP contribution in [0.5, 0.6) is 0 Å². The Balaban J connectivity index is 2.45. The summed E-state index contributed by atoms with van der Waals surface area (Å²) in [5, 5.41) is 0. The van der Waals surface area contributed by atoms with Crippen LogP contribution >= 0.6 is 0 Å². The van der Waals surface area contributed by atoms with Gasteiger partial charge < -0.3 is 0 Å². The van der Waals surface area contributed by atoms with Gasteiger partial charge in [0.15, 0.2) is 0 Å². The van der Waals surface area contributed by atoms with Gasteiger partial charge in [-0.05, 0) is 11.6 Å². The van der Waals surface area contributed by atoms with Crippen molar-refractivity contribution in [3.63, 3.8) is 0 Å². The molecule has 1 aromatic heterocycles. The maximum absolute atomic E-state index is 11.9. The second kappa shape index (κ2) is 5.15. The Morgan fingerprint density at radius 3 is 2.42 bits per heavy atom. The zero-order valence-electron chi connectivity index (χ0n) is 10.1. The molecule has 98 valence electrons. The van der Waals surface area contributed by atoms with Crippen molar-refractivity contribution < 1.29 is 13.2 Å². The molecule has 2 aromatic rings. The van der Waals surface area contributed by atoms with Gasteiger partial charge in [-0.2, -0.15) is 0 Å². The number of rotatable bonds is 3. The van der Waals surface area contributed by atoms with Crippen molar-refractivity contribution in [2.45, 2.75) is 0 Å². The fraction of sp³-hybridized carbons (Fsp3) is 0.0833. The first kappa shape index (κ1) is 13.2. The quantitative estimate of drug-likeness (QED) is 0.897. The van der Waals surface area contributed by atoms with Gasteiger partial charge in [0, 0.05) is 23.5 Å². The summed E-state index contributed by atoms with van der Waals surface area (Å²) in [7, 11) is -3.60. The molecule has 0 saturated carbocycles. The molecule has 1 amide bonds. The van der Waals surface area contributed by atoms with Gasteiger partial charge in [0.05, 0.1) is 6.26 Å². The number of benzene rings is 1. The lowest BCUT2D eigenvalue weighted by Gasteiger charge is -2.08. The van der Waals surface area contributed by atoms with E-state index in [0.29, 0.717) is 11.1 Å². The first-order valence-corrected chi connectivity index (χ1v) is 7.23. The molecule has 0 radical (unpaired) electrons. The van der Waals surface area contributed by atoms with Crippen LogP contribution in [-0.4, -0.2) is 30.5 Å². The molecule has 0 unspecified atom stereocenters. The Bertz CT molecular complexity index is 699. The van der Waals surface area contributed by atoms with E-state index in [1.807, 2.05) is 4.72 Å². The van der Waals surface area contributed by atoms with Gasteiger partial charge in [-0.25, -0.2) is 23.1 Å². The second-order valence-electron chi connectivity index (χ2n) is 3.88. The Morgan fingerprint density at radius 2 is 1.79 bits per heavy atom. The number of amides is 1. The van der Waals surface area contributed by atoms with E-state index in [2.05, 4.69) is 9.97 Å². The summed E-state index contributed by atoms with van der Waals surface area (Å²) in [6.07, 6.45) is 5.42. The van der Waals surface area contributed by atoms with Gasteiger partial charge in [-0.1, -0.05) is 18.2 Å². The average Bonchev–Trinajstić information content (AvgIpc) is 2.38. The van der Waals surface area contributed by atoms with E-state index in [0.717, 1.165) is 6.26 Å². The Kier molecular flexibility index (Phi) is 3.57. The fourth-order valence-electron chi connectivity index (χ4n) is 1.59. The molecule has 0 atom stereocenters. The molecule has 0 bridgehead atoms. The van der Waals surface area contributed by atoms with Gasteiger partial charge in [-0.15, -0.1) is 0 Å². The van der Waals surface area contributed by atoms with Crippen LogP contribution in [0, 0.1) is 0 Å². The number of hydrogen-bond acceptors (Lipinski definition) is 5. The van der Waals surface area contributed by atoms with Crippen LogP contribution in [0.15, 0.2) is 43.0 Å². The molecular weight excluding hydrogens is 266 g/mol. The number of carbonyl (C=O) groups is 1. The van der Waals surface area contributed by atoms with Crippen LogP contribution in [0.3, 0.4) is 0 Å². The van der Waals surface area contributed by atoms with E-state index in [-0.39, 0.29) is 5.56 Å². The third kappa shape index (κ3) is 3.35. The lowest BCUT2D eigenvalue weighted by molar-refractivity contribution is 0.0982. The molecule has 1 heterocycles. The molecule has 6 nitrogen and oxygen atoms in total. The minimum Gasteiger partial charge on any atom is -0.268 e. The Labute approximate surface area is 110 Å². The van der Waals surface area contributed by atoms with Crippen LogP contribution in [0.1, 0.15) is 10.4 Å². The minimum absolute atomic E-state index is 0.253. The maximum atomic E-state index is 11.9. The highest BCUT2D eigenvalue weighted by atomic mass is 32.2. The standard InChI is InChI=1S/C12H11N3O3S/c1-19(17,18)15-12(16)11-5-3-2-4-10(11)9-6-13-8-14-7-9/h2-8H,1H3,(H,15,16). The normalized spacial score (nSPS) is 11.0. The minimum atomic E-state index is -3.60. The molecule has 0 aliphatic heterocycles. The van der Waals surface area contributed by atoms with E-state index in [1.54, 1.807) is 36.7 Å². The van der Waals surface area contributed by atoms with Crippen LogP contribution in [0.25, 0.3) is 11.1 Å². The summed E-state index contributed by atoms with van der Waals surface area (Å²) < 4.78 is 24.2. The fourth-order valence-corrected chi connectivity index (χ4v) is 2.04. The van der Waals surface area contributed by atoms with Crippen LogP contribution < -0.4 is 4.72 Å². The molecule has 0 aliphatic rings. The Morgan fingerprint density at radius 1 is 1.16 bits per heavy atom. The molecule has 0 saturated heterocycles. The molecule has 7 heteroatoms. The summed E-state index contributed by atoms with van der Waals surface area (Å²) in [5.74, 6) is -0.679. The molecular formula is C12H11N3O3S. The summed E-state index contributed by atoms with van der Waals surface area (Å²) in [6, 6.07) is 6.66. The third-order valence-electron chi connectivity index (χ3n) is 2.32. The first-order chi connectivity index (χ1) is 8.97. The topological polar surface area (TPSA) is 89.0 Å². The summed E-state index contributed by atoms with van der Waals surface area (Å²) in [6.45, 7) is 0. The summed E-state index contributed by atoms with van der Waals surface area (Å²) in [5.41, 5.74) is 1.47. The lowest BCUT2D eigenvalue weighted by atomic mass is 10.0.